The van der Waals surface area contributed by atoms with Crippen LogP contribution in [-0.4, -0.2) is 47.6 Å². The number of carbonyl (C=O) groups excluding carboxylic acids is 3. The van der Waals surface area contributed by atoms with Crippen LogP contribution in [0, 0.1) is 20.8 Å². The number of aryl methyl sites for hydroxylation is 5. The molecule has 0 bridgehead atoms. The third-order valence-electron chi connectivity index (χ3n) is 16.7. The first kappa shape index (κ1) is 71.1. The first-order chi connectivity index (χ1) is 47.7. The van der Waals surface area contributed by atoms with Gasteiger partial charge < -0.3 is 32.2 Å². The van der Waals surface area contributed by atoms with Crippen molar-refractivity contribution in [2.45, 2.75) is 131 Å². The van der Waals surface area contributed by atoms with E-state index in [-0.39, 0.29) is 41.7 Å². The molecular formula is C79H77F3N6O10S. The van der Waals surface area contributed by atoms with E-state index in [1.54, 1.807) is 61.2 Å². The number of alkyl halides is 3. The summed E-state index contributed by atoms with van der Waals surface area (Å²) in [6.07, 6.45) is 4.79. The van der Waals surface area contributed by atoms with E-state index in [0.717, 1.165) is 108 Å². The molecule has 12 rings (SSSR count). The van der Waals surface area contributed by atoms with Crippen LogP contribution in [0.3, 0.4) is 0 Å². The highest BCUT2D eigenvalue weighted by atomic mass is 32.1. The summed E-state index contributed by atoms with van der Waals surface area (Å²) in [7, 11) is 1.75. The van der Waals surface area contributed by atoms with Gasteiger partial charge in [-0.25, -0.2) is 4.98 Å². The smallest absolute Gasteiger partial charge is 0.416 e. The van der Waals surface area contributed by atoms with Crippen LogP contribution in [0.1, 0.15) is 156 Å². The summed E-state index contributed by atoms with van der Waals surface area (Å²) in [6.45, 7) is 14.1. The number of hydrogen-bond acceptors (Lipinski definition) is 16. The van der Waals surface area contributed by atoms with Crippen molar-refractivity contribution in [3.05, 3.63) is 273 Å². The summed E-state index contributed by atoms with van der Waals surface area (Å²) in [6, 6.07) is 54.1. The van der Waals surface area contributed by atoms with Crippen LogP contribution in [0.2, 0.25) is 0 Å². The second kappa shape index (κ2) is 33.5. The number of unbranched alkanes of at least 4 members (excludes halogenated alkanes) is 1. The molecule has 99 heavy (non-hydrogen) atoms. The number of hydrogen-bond donors (Lipinski definition) is 0. The maximum Gasteiger partial charge on any atom is 0.416 e. The van der Waals surface area contributed by atoms with Crippen molar-refractivity contribution in [1.82, 2.24) is 30.2 Å². The van der Waals surface area contributed by atoms with E-state index in [1.807, 2.05) is 92.7 Å². The molecule has 6 aromatic carbocycles. The quantitative estimate of drug-likeness (QED) is 0.0470. The third kappa shape index (κ3) is 19.7. The van der Waals surface area contributed by atoms with E-state index in [2.05, 4.69) is 82.9 Å². The van der Waals surface area contributed by atoms with Gasteiger partial charge in [0.2, 0.25) is 0 Å². The van der Waals surface area contributed by atoms with E-state index < -0.39 is 11.7 Å². The summed E-state index contributed by atoms with van der Waals surface area (Å²) in [5.41, 5.74) is 13.1. The Balaban J connectivity index is 0.000000161. The normalized spacial score (nSPS) is 12.2. The van der Waals surface area contributed by atoms with Gasteiger partial charge in [0, 0.05) is 84.5 Å². The lowest BCUT2D eigenvalue weighted by atomic mass is 9.91. The molecule has 0 aliphatic carbocycles. The van der Waals surface area contributed by atoms with Gasteiger partial charge >= 0.3 is 6.18 Å². The molecule has 0 unspecified atom stereocenters. The predicted molar refractivity (Wildman–Crippen MR) is 371 cm³/mol. The Morgan fingerprint density at radius 3 is 1.44 bits per heavy atom. The van der Waals surface area contributed by atoms with Crippen molar-refractivity contribution in [2.75, 3.05) is 0 Å². The molecule has 0 N–H and O–H groups in total. The lowest BCUT2D eigenvalue weighted by molar-refractivity contribution is -0.137. The Bertz CT molecular complexity index is 4510. The summed E-state index contributed by atoms with van der Waals surface area (Å²) < 4.78 is 78.7. The number of ketones is 3. The molecule has 12 aromatic rings. The van der Waals surface area contributed by atoms with Gasteiger partial charge in [-0.1, -0.05) is 131 Å². The number of ether oxygens (including phenoxy) is 3. The van der Waals surface area contributed by atoms with Gasteiger partial charge in [-0.05, 0) is 137 Å². The fourth-order valence-corrected chi connectivity index (χ4v) is 12.1. The highest BCUT2D eigenvalue weighted by Crippen LogP contribution is 2.36. The number of rotatable bonds is 27. The van der Waals surface area contributed by atoms with Gasteiger partial charge in [-0.15, -0.1) is 11.3 Å². The first-order valence-corrected chi connectivity index (χ1v) is 33.3. The van der Waals surface area contributed by atoms with Crippen LogP contribution in [-0.2, 0) is 53.8 Å². The molecule has 0 saturated heterocycles. The fourth-order valence-electron chi connectivity index (χ4n) is 11.1. The molecule has 0 aliphatic rings. The third-order valence-corrected chi connectivity index (χ3v) is 17.9. The molecule has 3 atom stereocenters. The Morgan fingerprint density at radius 1 is 0.545 bits per heavy atom. The monoisotopic (exact) mass is 1360 g/mol. The molecule has 0 fully saturated rings. The molecule has 0 saturated carbocycles. The predicted octanol–water partition coefficient (Wildman–Crippen LogP) is 19.2. The van der Waals surface area contributed by atoms with Gasteiger partial charge in [0.25, 0.3) is 0 Å². The van der Waals surface area contributed by atoms with Crippen molar-refractivity contribution in [1.29, 1.82) is 0 Å². The second-order valence-electron chi connectivity index (χ2n) is 24.3. The number of thiazole rings is 1. The number of carbonyl (C=O) groups is 3. The van der Waals surface area contributed by atoms with Crippen LogP contribution in [0.15, 0.2) is 213 Å². The minimum Gasteiger partial charge on any atom is -0.489 e. The zero-order valence-corrected chi connectivity index (χ0v) is 57.2. The van der Waals surface area contributed by atoms with Gasteiger partial charge in [-0.2, -0.15) is 18.3 Å². The topological polar surface area (TPSA) is 201 Å². The lowest BCUT2D eigenvalue weighted by Crippen LogP contribution is -2.07. The summed E-state index contributed by atoms with van der Waals surface area (Å²) in [4.78, 5) is 41.1. The molecule has 0 radical (unpaired) electrons. The van der Waals surface area contributed by atoms with E-state index in [0.29, 0.717) is 55.2 Å². The number of nitrogens with zero attached hydrogens (tertiary/aromatic N) is 6. The lowest BCUT2D eigenvalue weighted by Gasteiger charge is -2.14. The van der Waals surface area contributed by atoms with Crippen molar-refractivity contribution in [3.8, 4) is 50.4 Å². The van der Waals surface area contributed by atoms with Crippen LogP contribution < -0.4 is 14.2 Å². The minimum absolute atomic E-state index is 0.0494. The Labute approximate surface area is 576 Å². The minimum atomic E-state index is -4.38. The first-order valence-electron chi connectivity index (χ1n) is 32.5. The number of Topliss-reactive ketones (excluding diaryl/α,β-unsaturated/α-hetero) is 3. The summed E-state index contributed by atoms with van der Waals surface area (Å²) >= 11 is 1.68. The molecule has 510 valence electrons. The number of furan rings is 1. The Kier molecular flexibility index (Phi) is 24.0. The molecule has 20 heteroatoms. The zero-order valence-electron chi connectivity index (χ0n) is 56.4. The fraction of sp³-hybridized carbons (Fsp3) is 0.266. The van der Waals surface area contributed by atoms with E-state index in [9.17, 15) is 27.6 Å². The highest BCUT2D eigenvalue weighted by molar-refractivity contribution is 7.15. The number of halogens is 3. The molecule has 16 nitrogen and oxygen atoms in total. The number of benzene rings is 6. The zero-order chi connectivity index (χ0) is 70.0. The maximum absolute atomic E-state index is 12.8. The second-order valence-corrected chi connectivity index (χ2v) is 25.4. The average molecular weight is 1360 g/mol. The van der Waals surface area contributed by atoms with Crippen LogP contribution >= 0.6 is 11.3 Å². The standard InChI is InChI=1S/C28H30N2O3S.C26H25NO4.C25H22F3N3O3/c1-4-5-6-21-7-9-23(10-8-21)28-29-20(3)27(34-28)18-32-24-13-11-22(12-14-24)25(17-19(2)31)26-15-16-33-30-26;1-17-4-6-21(7-5-17)26-15-22(19(3)31-26)16-29-23-10-8-20(9-11-23)24(14-18(2)28)25-12-13-30-27-25;1-16(32)13-22(23-11-12-34-30-23)17-5-9-21(10-6-17)33-15-20-14-24(29-31(20)2)18-3-7-19(8-4-18)25(26,27)28/h7-16,25H,4-6,17-18H2,1-3H3;4-13,15,24H,14,16H2,1-3H3;3-12,14,22H,13,15H2,1-2H3/t25-;24-;22-/m000/s1. The van der Waals surface area contributed by atoms with Gasteiger partial charge in [-0.3, -0.25) is 19.1 Å². The molecule has 6 heterocycles. The van der Waals surface area contributed by atoms with Crippen LogP contribution in [0.4, 0.5) is 13.2 Å². The van der Waals surface area contributed by atoms with Gasteiger partial charge in [0.15, 0.2) is 0 Å². The average Bonchev–Trinajstić information content (AvgIpc) is 1.80. The van der Waals surface area contributed by atoms with Crippen LogP contribution in [0.5, 0.6) is 17.2 Å². The molecule has 6 aromatic heterocycles. The summed E-state index contributed by atoms with van der Waals surface area (Å²) in [5.74, 6) is 3.66. The van der Waals surface area contributed by atoms with Crippen molar-refractivity contribution in [3.63, 3.8) is 0 Å². The molecule has 0 spiro atoms. The van der Waals surface area contributed by atoms with E-state index >= 15 is 0 Å². The molecule has 0 aliphatic heterocycles. The molecule has 0 amide bonds. The van der Waals surface area contributed by atoms with Crippen molar-refractivity contribution < 1.29 is 59.8 Å². The molecular weight excluding hydrogens is 1280 g/mol. The Morgan fingerprint density at radius 2 is 1.00 bits per heavy atom. The highest BCUT2D eigenvalue weighted by Gasteiger charge is 2.30. The van der Waals surface area contributed by atoms with Crippen molar-refractivity contribution in [2.24, 2.45) is 7.05 Å². The number of aromatic nitrogens is 6. The van der Waals surface area contributed by atoms with E-state index in [4.69, 9.17) is 37.2 Å². The van der Waals surface area contributed by atoms with E-state index in [1.165, 1.54) is 61.8 Å². The van der Waals surface area contributed by atoms with Gasteiger partial charge in [0.1, 0.15) is 89.7 Å². The van der Waals surface area contributed by atoms with Gasteiger partial charge in [0.05, 0.1) is 44.6 Å². The van der Waals surface area contributed by atoms with Crippen molar-refractivity contribution >= 4 is 28.7 Å². The maximum atomic E-state index is 12.8. The Hall–Kier alpha value is -10.7. The summed E-state index contributed by atoms with van der Waals surface area (Å²) in [5, 5.41) is 17.4. The largest absolute Gasteiger partial charge is 0.489 e. The van der Waals surface area contributed by atoms with Crippen LogP contribution in [0.25, 0.3) is 33.2 Å². The SMILES string of the molecule is CC(=O)C[C@@H](c1ccc(OCc2cc(-c3ccc(C(F)(F)F)cc3)nn2C)cc1)c1ccon1.CC(=O)C[C@@H](c1ccc(OCc2cc(-c3ccc(C)cc3)oc2C)cc1)c1ccon1.CCCCc1ccc(-c2nc(C)c(COc3ccc([C@H](CC(C)=O)c4ccon4)cc3)s2)cc1.